The van der Waals surface area contributed by atoms with E-state index in [1.54, 1.807) is 56.1 Å². The zero-order chi connectivity index (χ0) is 47.5. The fourth-order valence-corrected chi connectivity index (χ4v) is 10.2. The number of rotatable bonds is 16. The quantitative estimate of drug-likeness (QED) is 0.103. The van der Waals surface area contributed by atoms with Gasteiger partial charge in [-0.05, 0) is 124 Å². The molecule has 344 valence electrons. The van der Waals surface area contributed by atoms with Crippen LogP contribution in [0.1, 0.15) is 218 Å². The summed E-state index contributed by atoms with van der Waals surface area (Å²) in [4.78, 5) is 55.9. The summed E-state index contributed by atoms with van der Waals surface area (Å²) < 4.78 is 25.0. The minimum atomic E-state index is -0.350. The Kier molecular flexibility index (Phi) is 16.1. The molecule has 4 aromatic rings. The Bertz CT molecular complexity index is 2060. The van der Waals surface area contributed by atoms with Crippen molar-refractivity contribution in [2.24, 2.45) is 23.7 Å². The Morgan fingerprint density at radius 3 is 0.641 bits per heavy atom. The zero-order valence-electron chi connectivity index (χ0n) is 41.3. The van der Waals surface area contributed by atoms with Gasteiger partial charge in [-0.1, -0.05) is 79.7 Å². The van der Waals surface area contributed by atoms with Crippen LogP contribution in [0.2, 0.25) is 0 Å². The molecule has 1 aliphatic rings. The van der Waals surface area contributed by atoms with Crippen LogP contribution in [0.3, 0.4) is 0 Å². The van der Waals surface area contributed by atoms with Crippen molar-refractivity contribution in [3.8, 4) is 23.0 Å². The maximum Gasteiger partial charge on any atom is 0.160 e. The van der Waals surface area contributed by atoms with E-state index in [0.29, 0.717) is 70.9 Å². The van der Waals surface area contributed by atoms with Crippen LogP contribution in [-0.2, 0) is 0 Å². The Morgan fingerprint density at radius 1 is 0.344 bits per heavy atom. The maximum atomic E-state index is 14.0. The molecule has 0 saturated heterocycles. The summed E-state index contributed by atoms with van der Waals surface area (Å²) >= 11 is 0. The number of hydrogen-bond donors (Lipinski definition) is 0. The fraction of sp³-hybridized carbons (Fsp3) is 0.500. The molecule has 4 unspecified atom stereocenters. The standard InChI is InChI=1S/C56H72O8/c1-29(2)17-41-45-21-50(54(62-14)25-37(45)33(9)57)43(19-31(5)6)47-23-52(56(64-16)27-39(47)35(11)59)44(20-32(7)8)48-24-51(55(63-15)28-40(48)36(12)60)42(18-30(3)4)46-22-49(41)53(61-13)26-38(46)34(10)58/h21-32,41-44H,17-20H2,1-16H3. The number of carbonyl (C=O) groups is 4. The van der Waals surface area contributed by atoms with Gasteiger partial charge < -0.3 is 18.9 Å². The summed E-state index contributed by atoms with van der Waals surface area (Å²) in [5.74, 6) is 1.19. The number of carbonyl (C=O) groups excluding carboxylic acids is 4. The van der Waals surface area contributed by atoms with E-state index >= 15 is 0 Å². The van der Waals surface area contributed by atoms with Crippen LogP contribution in [0.5, 0.6) is 23.0 Å². The van der Waals surface area contributed by atoms with Gasteiger partial charge in [-0.25, -0.2) is 0 Å². The summed E-state index contributed by atoms with van der Waals surface area (Å²) in [5, 5.41) is 0. The molecule has 0 aromatic heterocycles. The highest BCUT2D eigenvalue weighted by atomic mass is 16.5. The molecule has 0 saturated carbocycles. The van der Waals surface area contributed by atoms with Crippen LogP contribution in [-0.4, -0.2) is 51.6 Å². The average molecular weight is 873 g/mol. The van der Waals surface area contributed by atoms with Crippen molar-refractivity contribution in [3.63, 3.8) is 0 Å². The lowest BCUT2D eigenvalue weighted by Gasteiger charge is -2.33. The second-order valence-electron chi connectivity index (χ2n) is 19.7. The van der Waals surface area contributed by atoms with Crippen molar-refractivity contribution < 1.29 is 38.1 Å². The van der Waals surface area contributed by atoms with Crippen molar-refractivity contribution >= 4 is 23.1 Å². The maximum absolute atomic E-state index is 14.0. The summed E-state index contributed by atoms with van der Waals surface area (Å²) in [6, 6.07) is 16.1. The van der Waals surface area contributed by atoms with Crippen LogP contribution in [0.15, 0.2) is 48.5 Å². The minimum absolute atomic E-state index is 0.101. The van der Waals surface area contributed by atoms with Crippen molar-refractivity contribution in [1.29, 1.82) is 0 Å². The predicted molar refractivity (Wildman–Crippen MR) is 257 cm³/mol. The van der Waals surface area contributed by atoms with E-state index in [-0.39, 0.29) is 70.5 Å². The van der Waals surface area contributed by atoms with Crippen molar-refractivity contribution in [1.82, 2.24) is 0 Å². The predicted octanol–water partition coefficient (Wildman–Crippen LogP) is 13.6. The third-order valence-electron chi connectivity index (χ3n) is 13.0. The van der Waals surface area contributed by atoms with Gasteiger partial charge in [0.2, 0.25) is 0 Å². The molecular formula is C56H72O8. The van der Waals surface area contributed by atoms with E-state index in [4.69, 9.17) is 18.9 Å². The van der Waals surface area contributed by atoms with E-state index in [9.17, 15) is 19.2 Å². The number of hydrogen-bond acceptors (Lipinski definition) is 8. The van der Waals surface area contributed by atoms with Crippen LogP contribution >= 0.6 is 0 Å². The summed E-state index contributed by atoms with van der Waals surface area (Å²) in [6.45, 7) is 23.7. The topological polar surface area (TPSA) is 105 Å². The molecule has 1 aliphatic carbocycles. The first-order valence-corrected chi connectivity index (χ1v) is 23.1. The first-order chi connectivity index (χ1) is 30.2. The third kappa shape index (κ3) is 10.3. The van der Waals surface area contributed by atoms with Crippen LogP contribution in [0, 0.1) is 23.7 Å². The van der Waals surface area contributed by atoms with E-state index in [1.165, 1.54) is 0 Å². The van der Waals surface area contributed by atoms with Gasteiger partial charge in [-0.15, -0.1) is 0 Å². The van der Waals surface area contributed by atoms with Crippen LogP contribution < -0.4 is 18.9 Å². The molecule has 0 heterocycles. The van der Waals surface area contributed by atoms with E-state index in [2.05, 4.69) is 79.7 Å². The van der Waals surface area contributed by atoms with Gasteiger partial charge >= 0.3 is 0 Å². The minimum Gasteiger partial charge on any atom is -0.496 e. The number of fused-ring (bicyclic) bond motifs is 8. The molecule has 8 bridgehead atoms. The van der Waals surface area contributed by atoms with Gasteiger partial charge in [0.15, 0.2) is 23.1 Å². The average Bonchev–Trinajstić information content (AvgIpc) is 3.23. The SMILES string of the molecule is COc1cc(C(C)=O)c2cc1C(CC(C)C)c1cc(c(OC)cc1C(C)=O)C(CC(C)C)c1cc(c(OC)cc1C(C)=O)C(CC(C)C)c1cc(c(OC)cc1C(C)=O)C2CC(C)C. The highest BCUT2D eigenvalue weighted by molar-refractivity contribution is 5.99. The van der Waals surface area contributed by atoms with Gasteiger partial charge in [0.05, 0.1) is 28.4 Å². The number of methoxy groups -OCH3 is 4. The second kappa shape index (κ2) is 20.7. The zero-order valence-corrected chi connectivity index (χ0v) is 41.3. The highest BCUT2D eigenvalue weighted by Gasteiger charge is 2.36. The van der Waals surface area contributed by atoms with Crippen LogP contribution in [0.25, 0.3) is 0 Å². The molecule has 0 N–H and O–H groups in total. The van der Waals surface area contributed by atoms with Gasteiger partial charge in [-0.3, -0.25) is 19.2 Å². The molecule has 4 atom stereocenters. The number of benzene rings is 4. The Labute approximate surface area is 382 Å². The van der Waals surface area contributed by atoms with Crippen molar-refractivity contribution in [2.45, 2.75) is 132 Å². The van der Waals surface area contributed by atoms with E-state index < -0.39 is 0 Å². The molecule has 5 rings (SSSR count). The Hall–Kier alpha value is -5.24. The summed E-state index contributed by atoms with van der Waals surface area (Å²) in [6.07, 6.45) is 2.64. The second-order valence-corrected chi connectivity index (χ2v) is 19.7. The van der Waals surface area contributed by atoms with Gasteiger partial charge in [0, 0.05) is 68.2 Å². The molecule has 64 heavy (non-hydrogen) atoms. The fourth-order valence-electron chi connectivity index (χ4n) is 10.2. The summed E-state index contributed by atoms with van der Waals surface area (Å²) in [7, 11) is 6.52. The largest absolute Gasteiger partial charge is 0.496 e. The third-order valence-corrected chi connectivity index (χ3v) is 13.0. The molecule has 0 aliphatic heterocycles. The number of Topliss-reactive ketones (excluding diaryl/α,β-unsaturated/α-hetero) is 4. The monoisotopic (exact) mass is 873 g/mol. The molecule has 0 fully saturated rings. The van der Waals surface area contributed by atoms with E-state index in [0.717, 1.165) is 44.5 Å². The lowest BCUT2D eigenvalue weighted by atomic mass is 9.72. The Morgan fingerprint density at radius 2 is 0.516 bits per heavy atom. The lowest BCUT2D eigenvalue weighted by Crippen LogP contribution is -2.19. The smallest absolute Gasteiger partial charge is 0.160 e. The van der Waals surface area contributed by atoms with Crippen molar-refractivity contribution in [3.05, 3.63) is 115 Å². The summed E-state index contributed by atoms with van der Waals surface area (Å²) in [5.41, 5.74) is 8.96. The van der Waals surface area contributed by atoms with Gasteiger partial charge in [-0.2, -0.15) is 0 Å². The highest BCUT2D eigenvalue weighted by Crippen LogP contribution is 2.51. The van der Waals surface area contributed by atoms with Gasteiger partial charge in [0.25, 0.3) is 0 Å². The first-order valence-electron chi connectivity index (χ1n) is 23.1. The van der Waals surface area contributed by atoms with Crippen molar-refractivity contribution in [2.75, 3.05) is 28.4 Å². The molecule has 0 amide bonds. The molecule has 0 spiro atoms. The van der Waals surface area contributed by atoms with Gasteiger partial charge in [0.1, 0.15) is 23.0 Å². The molecule has 8 nitrogen and oxygen atoms in total. The molecule has 0 radical (unpaired) electrons. The van der Waals surface area contributed by atoms with Crippen LogP contribution in [0.4, 0.5) is 0 Å². The lowest BCUT2D eigenvalue weighted by molar-refractivity contribution is 0.100. The Balaban J connectivity index is 2.20. The normalized spacial score (nSPS) is 17.2. The first kappa shape index (κ1) is 49.8. The number of ether oxygens (including phenoxy) is 4. The molecule has 4 aromatic carbocycles. The van der Waals surface area contributed by atoms with E-state index in [1.807, 2.05) is 24.3 Å². The number of ketones is 4. The molecule has 8 heteroatoms. The molecular weight excluding hydrogens is 801 g/mol.